The van der Waals surface area contributed by atoms with Crippen molar-refractivity contribution < 1.29 is 14.3 Å². The van der Waals surface area contributed by atoms with Crippen LogP contribution in [0, 0.1) is 0 Å². The molecule has 2 aliphatic rings. The molecule has 0 saturated carbocycles. The standard InChI is InChI=1S/C18H21ClN4O4/c19-12-9-14-15(27-8-4-7-26-14)10-13(12)20-17(24)11-23-18(25)22-6-3-1-2-5-16(22)21-23/h9-10H,1-8,11H2,(H,20,24). The first-order valence-electron chi connectivity index (χ1n) is 9.17. The highest BCUT2D eigenvalue weighted by Gasteiger charge is 2.19. The number of carbonyl (C=O) groups excluding carboxylic acids is 1. The molecule has 1 aromatic carbocycles. The number of nitrogens with one attached hydrogen (secondary N) is 1. The minimum atomic E-state index is -0.373. The van der Waals surface area contributed by atoms with E-state index in [1.54, 1.807) is 16.7 Å². The summed E-state index contributed by atoms with van der Waals surface area (Å²) in [4.78, 5) is 24.9. The number of aromatic nitrogens is 3. The number of anilines is 1. The first-order valence-corrected chi connectivity index (χ1v) is 9.55. The molecule has 0 atom stereocenters. The van der Waals surface area contributed by atoms with Crippen LogP contribution in [0.15, 0.2) is 16.9 Å². The summed E-state index contributed by atoms with van der Waals surface area (Å²) in [6, 6.07) is 3.27. The van der Waals surface area contributed by atoms with E-state index in [1.807, 2.05) is 0 Å². The van der Waals surface area contributed by atoms with Gasteiger partial charge in [0.25, 0.3) is 0 Å². The number of nitrogens with zero attached hydrogens (tertiary/aromatic N) is 3. The third-order valence-electron chi connectivity index (χ3n) is 4.69. The van der Waals surface area contributed by atoms with Crippen molar-refractivity contribution in [3.63, 3.8) is 0 Å². The molecule has 2 aromatic rings. The molecule has 9 heteroatoms. The Labute approximate surface area is 161 Å². The maximum Gasteiger partial charge on any atom is 0.346 e. The van der Waals surface area contributed by atoms with E-state index in [9.17, 15) is 9.59 Å². The van der Waals surface area contributed by atoms with Crippen LogP contribution in [-0.2, 0) is 24.3 Å². The van der Waals surface area contributed by atoms with Crippen LogP contribution < -0.4 is 20.5 Å². The lowest BCUT2D eigenvalue weighted by atomic mass is 10.2. The number of hydrogen-bond donors (Lipinski definition) is 1. The summed E-state index contributed by atoms with van der Waals surface area (Å²) in [5.41, 5.74) is 0.173. The van der Waals surface area contributed by atoms with Crippen LogP contribution in [0.4, 0.5) is 5.69 Å². The lowest BCUT2D eigenvalue weighted by molar-refractivity contribution is -0.117. The SMILES string of the molecule is O=C(Cn1nc2n(c1=O)CCCCC2)Nc1cc2c(cc1Cl)OCCCO2. The van der Waals surface area contributed by atoms with Crippen LogP contribution in [0.3, 0.4) is 0 Å². The second kappa shape index (κ2) is 7.64. The predicted molar refractivity (Wildman–Crippen MR) is 99.7 cm³/mol. The molecule has 0 saturated heterocycles. The van der Waals surface area contributed by atoms with Crippen molar-refractivity contribution in [1.29, 1.82) is 0 Å². The maximum absolute atomic E-state index is 12.5. The van der Waals surface area contributed by atoms with Crippen molar-refractivity contribution in [2.75, 3.05) is 18.5 Å². The molecule has 1 N–H and O–H groups in total. The van der Waals surface area contributed by atoms with Crippen molar-refractivity contribution in [3.05, 3.63) is 33.5 Å². The molecule has 0 aliphatic carbocycles. The van der Waals surface area contributed by atoms with Gasteiger partial charge >= 0.3 is 5.69 Å². The number of aryl methyl sites for hydroxylation is 1. The highest BCUT2D eigenvalue weighted by atomic mass is 35.5. The number of benzene rings is 1. The average Bonchev–Trinajstić information content (AvgIpc) is 2.86. The molecular formula is C18H21ClN4O4. The Morgan fingerprint density at radius 2 is 1.93 bits per heavy atom. The predicted octanol–water partition coefficient (Wildman–Crippen LogP) is 2.22. The van der Waals surface area contributed by atoms with Gasteiger partial charge in [0, 0.05) is 31.5 Å². The first-order chi connectivity index (χ1) is 13.1. The van der Waals surface area contributed by atoms with Crippen LogP contribution >= 0.6 is 11.6 Å². The number of fused-ring (bicyclic) bond motifs is 2. The molecule has 3 heterocycles. The van der Waals surface area contributed by atoms with Gasteiger partial charge in [0.15, 0.2) is 11.5 Å². The Bertz CT molecular complexity index is 921. The Morgan fingerprint density at radius 3 is 2.74 bits per heavy atom. The van der Waals surface area contributed by atoms with E-state index < -0.39 is 0 Å². The summed E-state index contributed by atoms with van der Waals surface area (Å²) >= 11 is 6.25. The Balaban J connectivity index is 1.50. The Hall–Kier alpha value is -2.48. The van der Waals surface area contributed by atoms with Gasteiger partial charge < -0.3 is 14.8 Å². The topological polar surface area (TPSA) is 87.4 Å². The fourth-order valence-electron chi connectivity index (χ4n) is 3.33. The van der Waals surface area contributed by atoms with E-state index in [1.165, 1.54) is 4.68 Å². The van der Waals surface area contributed by atoms with Gasteiger partial charge in [-0.15, -0.1) is 0 Å². The number of amides is 1. The quantitative estimate of drug-likeness (QED) is 0.865. The summed E-state index contributed by atoms with van der Waals surface area (Å²) in [6.45, 7) is 1.59. The van der Waals surface area contributed by atoms with Gasteiger partial charge in [0.1, 0.15) is 12.4 Å². The van der Waals surface area contributed by atoms with Crippen LogP contribution in [0.1, 0.15) is 31.5 Å². The fourth-order valence-corrected chi connectivity index (χ4v) is 3.53. The van der Waals surface area contributed by atoms with Crippen molar-refractivity contribution >= 4 is 23.2 Å². The largest absolute Gasteiger partial charge is 0.490 e. The fraction of sp³-hybridized carbons (Fsp3) is 0.500. The third-order valence-corrected chi connectivity index (χ3v) is 5.00. The molecule has 4 rings (SSSR count). The van der Waals surface area contributed by atoms with Crippen molar-refractivity contribution in [2.45, 2.75) is 45.2 Å². The Kier molecular flexibility index (Phi) is 5.07. The third kappa shape index (κ3) is 3.80. The molecule has 0 unspecified atom stereocenters. The zero-order valence-electron chi connectivity index (χ0n) is 14.9. The van der Waals surface area contributed by atoms with Crippen LogP contribution in [0.25, 0.3) is 0 Å². The number of halogens is 1. The van der Waals surface area contributed by atoms with E-state index >= 15 is 0 Å². The molecule has 1 aromatic heterocycles. The number of ether oxygens (including phenoxy) is 2. The maximum atomic E-state index is 12.5. The molecule has 0 radical (unpaired) electrons. The summed E-state index contributed by atoms with van der Waals surface area (Å²) in [5, 5.41) is 7.41. The van der Waals surface area contributed by atoms with E-state index in [4.69, 9.17) is 21.1 Å². The first kappa shape index (κ1) is 17.9. The molecular weight excluding hydrogens is 372 g/mol. The smallest absolute Gasteiger partial charge is 0.346 e. The molecule has 27 heavy (non-hydrogen) atoms. The molecule has 0 bridgehead atoms. The highest BCUT2D eigenvalue weighted by molar-refractivity contribution is 6.34. The van der Waals surface area contributed by atoms with Gasteiger partial charge in [-0.1, -0.05) is 18.0 Å². The highest BCUT2D eigenvalue weighted by Crippen LogP contribution is 2.37. The summed E-state index contributed by atoms with van der Waals surface area (Å²) in [5.74, 6) is 1.48. The normalized spacial score (nSPS) is 16.2. The lowest BCUT2D eigenvalue weighted by Gasteiger charge is -2.12. The van der Waals surface area contributed by atoms with Gasteiger partial charge in [-0.2, -0.15) is 5.10 Å². The number of hydrogen-bond acceptors (Lipinski definition) is 5. The van der Waals surface area contributed by atoms with E-state index in [2.05, 4.69) is 10.4 Å². The lowest BCUT2D eigenvalue weighted by Crippen LogP contribution is -2.30. The molecule has 0 fully saturated rings. The second-order valence-corrected chi connectivity index (χ2v) is 7.10. The van der Waals surface area contributed by atoms with Gasteiger partial charge in [-0.25, -0.2) is 9.48 Å². The summed E-state index contributed by atoms with van der Waals surface area (Å²) in [7, 11) is 0. The van der Waals surface area contributed by atoms with Crippen molar-refractivity contribution in [1.82, 2.24) is 14.3 Å². The zero-order valence-corrected chi connectivity index (χ0v) is 15.6. The minimum Gasteiger partial charge on any atom is -0.490 e. The molecule has 8 nitrogen and oxygen atoms in total. The summed E-state index contributed by atoms with van der Waals surface area (Å²) < 4.78 is 14.1. The van der Waals surface area contributed by atoms with E-state index in [0.717, 1.165) is 37.9 Å². The zero-order chi connectivity index (χ0) is 18.8. The van der Waals surface area contributed by atoms with Gasteiger partial charge in [-0.3, -0.25) is 9.36 Å². The molecule has 144 valence electrons. The molecule has 0 spiro atoms. The van der Waals surface area contributed by atoms with E-state index in [-0.39, 0.29) is 18.1 Å². The van der Waals surface area contributed by atoms with Gasteiger partial charge in [0.05, 0.1) is 23.9 Å². The number of rotatable bonds is 3. The molecule has 2 aliphatic heterocycles. The van der Waals surface area contributed by atoms with Crippen LogP contribution in [0.2, 0.25) is 5.02 Å². The summed E-state index contributed by atoms with van der Waals surface area (Å²) in [6.07, 6.45) is 4.60. The molecule has 1 amide bonds. The Morgan fingerprint density at radius 1 is 1.15 bits per heavy atom. The van der Waals surface area contributed by atoms with Gasteiger partial charge in [0.2, 0.25) is 5.91 Å². The monoisotopic (exact) mass is 392 g/mol. The number of carbonyl (C=O) groups is 1. The van der Waals surface area contributed by atoms with Crippen molar-refractivity contribution in [3.8, 4) is 11.5 Å². The van der Waals surface area contributed by atoms with Crippen molar-refractivity contribution in [2.24, 2.45) is 0 Å². The van der Waals surface area contributed by atoms with Gasteiger partial charge in [-0.05, 0) is 12.8 Å². The van der Waals surface area contributed by atoms with Crippen LogP contribution in [-0.4, -0.2) is 33.5 Å². The van der Waals surface area contributed by atoms with E-state index in [0.29, 0.717) is 42.0 Å². The minimum absolute atomic E-state index is 0.163. The average molecular weight is 393 g/mol. The second-order valence-electron chi connectivity index (χ2n) is 6.70. The van der Waals surface area contributed by atoms with Crippen LogP contribution in [0.5, 0.6) is 11.5 Å².